The second kappa shape index (κ2) is 6.56. The highest BCUT2D eigenvalue weighted by Crippen LogP contribution is 2.32. The number of aryl methyl sites for hydroxylation is 1. The number of piperidine rings is 3. The van der Waals surface area contributed by atoms with Gasteiger partial charge in [0, 0.05) is 23.7 Å². The van der Waals surface area contributed by atoms with E-state index in [0.717, 1.165) is 18.8 Å². The molecule has 25 heavy (non-hydrogen) atoms. The molecule has 1 N–H and O–H groups in total. The first-order valence-electron chi connectivity index (χ1n) is 8.99. The lowest BCUT2D eigenvalue weighted by atomic mass is 9.79. The third kappa shape index (κ3) is 3.29. The number of amides is 1. The van der Waals surface area contributed by atoms with Crippen LogP contribution in [0.4, 0.5) is 0 Å². The van der Waals surface area contributed by atoms with Crippen LogP contribution in [0.3, 0.4) is 0 Å². The minimum atomic E-state index is -0.00834. The zero-order valence-electron chi connectivity index (χ0n) is 14.7. The summed E-state index contributed by atoms with van der Waals surface area (Å²) in [6, 6.07) is 11.5. The van der Waals surface area contributed by atoms with Gasteiger partial charge in [0.2, 0.25) is 0 Å². The number of nitrogens with one attached hydrogen (secondary N) is 1. The summed E-state index contributed by atoms with van der Waals surface area (Å²) in [6.45, 7) is 6.42. The van der Waals surface area contributed by atoms with E-state index in [2.05, 4.69) is 17.1 Å². The molecule has 3 aliphatic heterocycles. The standard InChI is InChI=1S/C20H24N2O3/c1-13-3-8-18(24-13)25-17-6-4-16(5-7-17)20(23)21-19-14(2)22-11-9-15(19)10-12-22/h3-8,14-15,19H,9-12H2,1-2H3,(H,21,23). The molecular weight excluding hydrogens is 316 g/mol. The summed E-state index contributed by atoms with van der Waals surface area (Å²) in [5, 5.41) is 3.25. The fourth-order valence-electron chi connectivity index (χ4n) is 4.04. The smallest absolute Gasteiger partial charge is 0.290 e. The number of benzene rings is 1. The van der Waals surface area contributed by atoms with Crippen LogP contribution < -0.4 is 10.1 Å². The number of ether oxygens (including phenoxy) is 1. The summed E-state index contributed by atoms with van der Waals surface area (Å²) in [6.07, 6.45) is 2.37. The first-order valence-corrected chi connectivity index (χ1v) is 8.99. The van der Waals surface area contributed by atoms with Crippen LogP contribution >= 0.6 is 0 Å². The van der Waals surface area contributed by atoms with Gasteiger partial charge in [0.1, 0.15) is 11.5 Å². The second-order valence-corrected chi connectivity index (χ2v) is 7.10. The van der Waals surface area contributed by atoms with Crippen molar-refractivity contribution in [3.8, 4) is 11.7 Å². The van der Waals surface area contributed by atoms with Crippen molar-refractivity contribution < 1.29 is 13.9 Å². The van der Waals surface area contributed by atoms with Crippen molar-refractivity contribution in [1.82, 2.24) is 10.2 Å². The van der Waals surface area contributed by atoms with Gasteiger partial charge in [-0.2, -0.15) is 0 Å². The molecule has 3 saturated heterocycles. The fraction of sp³-hybridized carbons (Fsp3) is 0.450. The van der Waals surface area contributed by atoms with Crippen molar-refractivity contribution >= 4 is 5.91 Å². The summed E-state index contributed by atoms with van der Waals surface area (Å²) >= 11 is 0. The second-order valence-electron chi connectivity index (χ2n) is 7.10. The van der Waals surface area contributed by atoms with Crippen molar-refractivity contribution in [2.24, 2.45) is 5.92 Å². The minimum absolute atomic E-state index is 0.00834. The maximum absolute atomic E-state index is 12.6. The molecule has 0 spiro atoms. The normalized spacial score (nSPS) is 27.9. The van der Waals surface area contributed by atoms with Crippen LogP contribution in [-0.2, 0) is 0 Å². The maximum Gasteiger partial charge on any atom is 0.290 e. The van der Waals surface area contributed by atoms with E-state index >= 15 is 0 Å². The molecule has 2 unspecified atom stereocenters. The summed E-state index contributed by atoms with van der Waals surface area (Å²) in [7, 11) is 0. The lowest BCUT2D eigenvalue weighted by molar-refractivity contribution is 0.0217. The first kappa shape index (κ1) is 16.2. The van der Waals surface area contributed by atoms with Gasteiger partial charge in [0.15, 0.2) is 0 Å². The van der Waals surface area contributed by atoms with Crippen LogP contribution in [0.2, 0.25) is 0 Å². The monoisotopic (exact) mass is 340 g/mol. The predicted octanol–water partition coefficient (Wildman–Crippen LogP) is 3.59. The number of hydrogen-bond acceptors (Lipinski definition) is 4. The molecule has 3 aliphatic rings. The topological polar surface area (TPSA) is 54.7 Å². The third-order valence-electron chi connectivity index (χ3n) is 5.53. The van der Waals surface area contributed by atoms with E-state index in [1.165, 1.54) is 12.8 Å². The maximum atomic E-state index is 12.6. The van der Waals surface area contributed by atoms with E-state index in [1.807, 2.05) is 13.0 Å². The van der Waals surface area contributed by atoms with Gasteiger partial charge in [-0.3, -0.25) is 9.69 Å². The van der Waals surface area contributed by atoms with E-state index in [-0.39, 0.29) is 11.9 Å². The number of carbonyl (C=O) groups excluding carboxylic acids is 1. The zero-order chi connectivity index (χ0) is 17.4. The summed E-state index contributed by atoms with van der Waals surface area (Å²) in [5.74, 6) is 2.51. The Balaban J connectivity index is 1.40. The largest absolute Gasteiger partial charge is 0.431 e. The molecule has 0 saturated carbocycles. The molecule has 2 atom stereocenters. The van der Waals surface area contributed by atoms with Gasteiger partial charge < -0.3 is 14.5 Å². The Hall–Kier alpha value is -2.27. The number of carbonyl (C=O) groups is 1. The predicted molar refractivity (Wildman–Crippen MR) is 95.0 cm³/mol. The summed E-state index contributed by atoms with van der Waals surface area (Å²) in [5.41, 5.74) is 0.659. The molecule has 0 aliphatic carbocycles. The molecule has 0 radical (unpaired) electrons. The number of rotatable bonds is 4. The molecular formula is C20H24N2O3. The average Bonchev–Trinajstić information content (AvgIpc) is 3.04. The lowest BCUT2D eigenvalue weighted by Gasteiger charge is -2.49. The highest BCUT2D eigenvalue weighted by molar-refractivity contribution is 5.94. The minimum Gasteiger partial charge on any atom is -0.431 e. The van der Waals surface area contributed by atoms with E-state index in [4.69, 9.17) is 9.15 Å². The molecule has 1 amide bonds. The Kier molecular flexibility index (Phi) is 4.25. The Morgan fingerprint density at radius 1 is 1.16 bits per heavy atom. The molecule has 3 fully saturated rings. The summed E-state index contributed by atoms with van der Waals surface area (Å²) in [4.78, 5) is 15.1. The Morgan fingerprint density at radius 3 is 2.48 bits per heavy atom. The SMILES string of the molecule is Cc1ccc(Oc2ccc(C(=O)NC3C4CCN(CC4)C3C)cc2)o1. The van der Waals surface area contributed by atoms with Gasteiger partial charge in [0.25, 0.3) is 11.9 Å². The van der Waals surface area contributed by atoms with Gasteiger partial charge in [-0.25, -0.2) is 0 Å². The van der Waals surface area contributed by atoms with Crippen LogP contribution in [0.1, 0.15) is 35.9 Å². The molecule has 2 bridgehead atoms. The molecule has 2 aromatic rings. The van der Waals surface area contributed by atoms with E-state index in [9.17, 15) is 4.79 Å². The van der Waals surface area contributed by atoms with Crippen molar-refractivity contribution in [2.45, 2.75) is 38.8 Å². The van der Waals surface area contributed by atoms with E-state index < -0.39 is 0 Å². The van der Waals surface area contributed by atoms with Crippen LogP contribution in [0.25, 0.3) is 0 Å². The highest BCUT2D eigenvalue weighted by atomic mass is 16.6. The van der Waals surface area contributed by atoms with Crippen LogP contribution in [-0.4, -0.2) is 36.0 Å². The van der Waals surface area contributed by atoms with Gasteiger partial charge in [-0.15, -0.1) is 0 Å². The van der Waals surface area contributed by atoms with Crippen LogP contribution in [0, 0.1) is 12.8 Å². The van der Waals surface area contributed by atoms with Gasteiger partial charge in [-0.05, 0) is 76.0 Å². The Morgan fingerprint density at radius 2 is 1.88 bits per heavy atom. The number of fused-ring (bicyclic) bond motifs is 3. The van der Waals surface area contributed by atoms with E-state index in [1.54, 1.807) is 30.3 Å². The third-order valence-corrected chi connectivity index (χ3v) is 5.53. The van der Waals surface area contributed by atoms with Crippen molar-refractivity contribution in [3.63, 3.8) is 0 Å². The van der Waals surface area contributed by atoms with Gasteiger partial charge in [0.05, 0.1) is 0 Å². The first-order chi connectivity index (χ1) is 12.1. The molecule has 1 aromatic carbocycles. The average molecular weight is 340 g/mol. The van der Waals surface area contributed by atoms with Gasteiger partial charge in [-0.1, -0.05) is 0 Å². The van der Waals surface area contributed by atoms with Crippen LogP contribution in [0.15, 0.2) is 40.8 Å². The highest BCUT2D eigenvalue weighted by Gasteiger charge is 2.40. The number of nitrogens with zero attached hydrogens (tertiary/aromatic N) is 1. The quantitative estimate of drug-likeness (QED) is 0.924. The fourth-order valence-corrected chi connectivity index (χ4v) is 4.04. The number of furan rings is 1. The molecule has 4 heterocycles. The van der Waals surface area contributed by atoms with E-state index in [0.29, 0.717) is 29.2 Å². The molecule has 5 nitrogen and oxygen atoms in total. The van der Waals surface area contributed by atoms with Crippen molar-refractivity contribution in [1.29, 1.82) is 0 Å². The van der Waals surface area contributed by atoms with Crippen molar-refractivity contribution in [2.75, 3.05) is 13.1 Å². The summed E-state index contributed by atoms with van der Waals surface area (Å²) < 4.78 is 11.0. The molecule has 1 aromatic heterocycles. The van der Waals surface area contributed by atoms with Crippen molar-refractivity contribution in [3.05, 3.63) is 47.7 Å². The number of hydrogen-bond donors (Lipinski definition) is 1. The zero-order valence-corrected chi connectivity index (χ0v) is 14.7. The molecule has 5 heteroatoms. The molecule has 132 valence electrons. The lowest BCUT2D eigenvalue weighted by Crippen LogP contribution is -2.62. The van der Waals surface area contributed by atoms with Gasteiger partial charge >= 0.3 is 0 Å². The Bertz CT molecular complexity index is 743. The van der Waals surface area contributed by atoms with Crippen LogP contribution in [0.5, 0.6) is 11.7 Å². The Labute approximate surface area is 148 Å². The molecule has 5 rings (SSSR count).